The Morgan fingerprint density at radius 2 is 1.62 bits per heavy atom. The Morgan fingerprint density at radius 1 is 1.08 bits per heavy atom. The summed E-state index contributed by atoms with van der Waals surface area (Å²) in [5, 5.41) is 5.20. The van der Waals surface area contributed by atoms with E-state index in [1.165, 1.54) is 19.9 Å². The number of carbonyl (C=O) groups is 4. The van der Waals surface area contributed by atoms with Gasteiger partial charge in [0.25, 0.3) is 5.91 Å². The Bertz CT molecular complexity index is 723. The number of rotatable bonds is 5. The van der Waals surface area contributed by atoms with Crippen LogP contribution in [-0.2, 0) is 19.1 Å². The number of nitrogens with one attached hydrogen (secondary N) is 2. The van der Waals surface area contributed by atoms with E-state index in [9.17, 15) is 19.2 Å². The lowest BCUT2D eigenvalue weighted by Gasteiger charge is -2.17. The Kier molecular flexibility index (Phi) is 8.10. The number of benzene rings is 1. The molecule has 130 valence electrons. The van der Waals surface area contributed by atoms with Crippen LogP contribution in [0, 0.1) is 7.14 Å². The molecule has 0 radical (unpaired) electrons. The van der Waals surface area contributed by atoms with Crippen LogP contribution in [-0.4, -0.2) is 27.8 Å². The lowest BCUT2D eigenvalue weighted by atomic mass is 10.1. The maximum atomic E-state index is 12.3. The number of hydrogen-bond donors (Lipinski definition) is 3. The molecule has 4 N–H and O–H groups in total. The van der Waals surface area contributed by atoms with Gasteiger partial charge >= 0.3 is 5.97 Å². The van der Waals surface area contributed by atoms with Gasteiger partial charge in [-0.2, -0.15) is 0 Å². The van der Waals surface area contributed by atoms with Crippen LogP contribution in [0.4, 0.5) is 11.4 Å². The molecule has 11 heteroatoms. The molecule has 0 aliphatic heterocycles. The summed E-state index contributed by atoms with van der Waals surface area (Å²) in [6.45, 7) is 2.64. The number of carbonyl (C=O) groups excluding carboxylic acids is 4. The predicted molar refractivity (Wildman–Crippen MR) is 113 cm³/mol. The van der Waals surface area contributed by atoms with E-state index in [4.69, 9.17) is 10.5 Å². The van der Waals surface area contributed by atoms with Gasteiger partial charge in [-0.25, -0.2) is 4.79 Å². The number of halogens is 3. The highest BCUT2D eigenvalue weighted by Crippen LogP contribution is 2.35. The fourth-order valence-corrected chi connectivity index (χ4v) is 3.79. The van der Waals surface area contributed by atoms with Crippen LogP contribution in [0.3, 0.4) is 0 Å². The zero-order chi connectivity index (χ0) is 18.6. The summed E-state index contributed by atoms with van der Waals surface area (Å²) in [7, 11) is 0. The Balaban J connectivity index is 3.42. The van der Waals surface area contributed by atoms with Gasteiger partial charge in [0.05, 0.1) is 24.1 Å². The molecular formula is C13H12I3N3O5. The summed E-state index contributed by atoms with van der Waals surface area (Å²) >= 11 is 5.41. The minimum Gasteiger partial charge on any atom is -0.438 e. The fourth-order valence-electron chi connectivity index (χ4n) is 1.57. The van der Waals surface area contributed by atoms with Crippen LogP contribution in [0.1, 0.15) is 24.2 Å². The third-order valence-electron chi connectivity index (χ3n) is 2.47. The van der Waals surface area contributed by atoms with E-state index in [-0.39, 0.29) is 17.4 Å². The number of primary amides is 1. The largest absolute Gasteiger partial charge is 0.438 e. The van der Waals surface area contributed by atoms with Crippen LogP contribution in [0.5, 0.6) is 0 Å². The van der Waals surface area contributed by atoms with Crippen LogP contribution in [0.2, 0.25) is 0 Å². The van der Waals surface area contributed by atoms with E-state index in [0.717, 1.165) is 0 Å². The van der Waals surface area contributed by atoms with Crippen molar-refractivity contribution in [2.24, 2.45) is 5.73 Å². The van der Waals surface area contributed by atoms with Gasteiger partial charge in [0.1, 0.15) is 0 Å². The van der Waals surface area contributed by atoms with Crippen molar-refractivity contribution in [3.63, 3.8) is 0 Å². The van der Waals surface area contributed by atoms with E-state index >= 15 is 0 Å². The maximum Gasteiger partial charge on any atom is 0.340 e. The molecule has 0 saturated heterocycles. The van der Waals surface area contributed by atoms with Crippen molar-refractivity contribution in [2.45, 2.75) is 18.0 Å². The van der Waals surface area contributed by atoms with Gasteiger partial charge in [-0.3, -0.25) is 14.4 Å². The minimum atomic E-state index is -1.14. The first-order chi connectivity index (χ1) is 11.0. The van der Waals surface area contributed by atoms with Gasteiger partial charge in [-0.15, -0.1) is 0 Å². The second-order valence-electron chi connectivity index (χ2n) is 4.46. The number of nitrogens with two attached hydrogens (primary N) is 1. The molecular weight excluding hydrogens is 659 g/mol. The van der Waals surface area contributed by atoms with Gasteiger partial charge < -0.3 is 21.1 Å². The van der Waals surface area contributed by atoms with Crippen LogP contribution < -0.4 is 16.4 Å². The molecule has 1 aromatic carbocycles. The summed E-state index contributed by atoms with van der Waals surface area (Å²) in [5.41, 5.74) is 5.87. The van der Waals surface area contributed by atoms with Gasteiger partial charge in [0.2, 0.25) is 15.9 Å². The average Bonchev–Trinajstić information content (AvgIpc) is 2.45. The van der Waals surface area contributed by atoms with Gasteiger partial charge in [-0.05, 0) is 73.8 Å². The molecule has 1 rings (SSSR count). The highest BCUT2D eigenvalue weighted by atomic mass is 127. The molecule has 0 aliphatic carbocycles. The van der Waals surface area contributed by atoms with E-state index in [1.807, 2.05) is 45.2 Å². The van der Waals surface area contributed by atoms with Gasteiger partial charge in [-0.1, -0.05) is 0 Å². The monoisotopic (exact) mass is 671 g/mol. The third-order valence-corrected chi connectivity index (χ3v) is 5.58. The second kappa shape index (κ2) is 9.12. The highest BCUT2D eigenvalue weighted by molar-refractivity contribution is 14.1. The molecule has 24 heavy (non-hydrogen) atoms. The van der Waals surface area contributed by atoms with Crippen LogP contribution in [0.25, 0.3) is 0 Å². The lowest BCUT2D eigenvalue weighted by Crippen LogP contribution is -2.28. The molecule has 1 unspecified atom stereocenters. The highest BCUT2D eigenvalue weighted by Gasteiger charge is 2.24. The molecule has 0 fully saturated rings. The average molecular weight is 671 g/mol. The minimum absolute atomic E-state index is 0.0893. The quantitative estimate of drug-likeness (QED) is 0.252. The molecule has 0 aliphatic rings. The van der Waals surface area contributed by atoms with Crippen molar-refractivity contribution in [2.75, 3.05) is 10.6 Å². The molecule has 3 amide bonds. The molecule has 0 spiro atoms. The number of alkyl halides is 1. The van der Waals surface area contributed by atoms with E-state index in [0.29, 0.717) is 18.5 Å². The normalized spacial score (nSPS) is 11.4. The molecule has 1 atom stereocenters. The smallest absolute Gasteiger partial charge is 0.340 e. The maximum absolute atomic E-state index is 12.3. The molecule has 1 aromatic rings. The summed E-state index contributed by atoms with van der Waals surface area (Å²) in [6, 6.07) is 1.42. The third kappa shape index (κ3) is 5.68. The van der Waals surface area contributed by atoms with Gasteiger partial charge in [0, 0.05) is 13.8 Å². The SMILES string of the molecule is CC(=O)Nc1cc(C(=O)OC(I)C(N)=O)c(I)c(NC(C)=O)c1I. The van der Waals surface area contributed by atoms with Gasteiger partial charge in [0.15, 0.2) is 0 Å². The topological polar surface area (TPSA) is 128 Å². The van der Waals surface area contributed by atoms with Crippen molar-refractivity contribution in [1.82, 2.24) is 0 Å². The standard InChI is InChI=1S/C13H12I3N3O5/c1-4(20)18-7-3-6(13(23)24-11(16)12(17)22)8(14)10(9(7)15)19-5(2)21/h3,11H,1-2H3,(H2,17,22)(H,18,20)(H,19,21). The summed E-state index contributed by atoms with van der Waals surface area (Å²) in [5.74, 6) is -2.28. The summed E-state index contributed by atoms with van der Waals surface area (Å²) < 4.78 is 4.81. The molecule has 0 heterocycles. The zero-order valence-corrected chi connectivity index (χ0v) is 18.9. The van der Waals surface area contributed by atoms with Crippen molar-refractivity contribution in [1.29, 1.82) is 0 Å². The molecule has 0 saturated carbocycles. The van der Waals surface area contributed by atoms with Crippen molar-refractivity contribution in [3.8, 4) is 0 Å². The molecule has 0 bridgehead atoms. The first-order valence-electron chi connectivity index (χ1n) is 6.26. The van der Waals surface area contributed by atoms with E-state index in [2.05, 4.69) is 10.6 Å². The number of esters is 1. The molecule has 8 nitrogen and oxygen atoms in total. The number of hydrogen-bond acceptors (Lipinski definition) is 5. The summed E-state index contributed by atoms with van der Waals surface area (Å²) in [6.07, 6.45) is 0. The first kappa shape index (κ1) is 21.3. The molecule has 0 aromatic heterocycles. The zero-order valence-electron chi connectivity index (χ0n) is 12.4. The van der Waals surface area contributed by atoms with E-state index < -0.39 is 16.0 Å². The number of anilines is 2. The van der Waals surface area contributed by atoms with Crippen molar-refractivity contribution >= 4 is 103 Å². The number of amides is 3. The van der Waals surface area contributed by atoms with E-state index in [1.54, 1.807) is 22.6 Å². The lowest BCUT2D eigenvalue weighted by molar-refractivity contribution is -0.122. The Labute approximate surface area is 178 Å². The fraction of sp³-hybridized carbons (Fsp3) is 0.231. The predicted octanol–water partition coefficient (Wildman–Crippen LogP) is 2.22. The summed E-state index contributed by atoms with van der Waals surface area (Å²) in [4.78, 5) is 46.1. The van der Waals surface area contributed by atoms with Crippen LogP contribution >= 0.6 is 67.8 Å². The van der Waals surface area contributed by atoms with Crippen LogP contribution in [0.15, 0.2) is 6.07 Å². The van der Waals surface area contributed by atoms with Crippen molar-refractivity contribution in [3.05, 3.63) is 18.8 Å². The Morgan fingerprint density at radius 3 is 2.08 bits per heavy atom. The Hall–Kier alpha value is -0.710. The second-order valence-corrected chi connectivity index (χ2v) is 7.75. The number of ether oxygens (including phenoxy) is 1. The first-order valence-corrected chi connectivity index (χ1v) is 9.66. The van der Waals surface area contributed by atoms with Crippen molar-refractivity contribution < 1.29 is 23.9 Å².